The first-order valence-corrected chi connectivity index (χ1v) is 27.6. The molecule has 84 heavy (non-hydrogen) atoms. The van der Waals surface area contributed by atoms with Crippen molar-refractivity contribution in [2.45, 2.75) is 13.1 Å². The van der Waals surface area contributed by atoms with E-state index < -0.39 is 7.12 Å². The third kappa shape index (κ3) is 20.3. The van der Waals surface area contributed by atoms with Gasteiger partial charge in [-0.3, -0.25) is 58.3 Å². The molecule has 5 heterocycles. The molecular weight excluding hydrogens is 1230 g/mol. The summed E-state index contributed by atoms with van der Waals surface area (Å²) < 4.78 is 41.7. The minimum atomic E-state index is -1.49. The van der Waals surface area contributed by atoms with E-state index in [1.165, 1.54) is 77.0 Å². The van der Waals surface area contributed by atoms with E-state index in [-0.39, 0.29) is 30.0 Å². The molecule has 2 N–H and O–H groups in total. The van der Waals surface area contributed by atoms with Gasteiger partial charge in [0.15, 0.2) is 12.6 Å². The van der Waals surface area contributed by atoms with Gasteiger partial charge >= 0.3 is 7.12 Å². The van der Waals surface area contributed by atoms with Crippen LogP contribution in [0.4, 0.5) is 8.78 Å². The van der Waals surface area contributed by atoms with Gasteiger partial charge in [0.25, 0.3) is 25.3 Å². The van der Waals surface area contributed by atoms with Crippen LogP contribution < -0.4 is 19.7 Å². The lowest BCUT2D eigenvalue weighted by molar-refractivity contribution is -0.124. The first-order chi connectivity index (χ1) is 40.6. The Bertz CT molecular complexity index is 3620. The van der Waals surface area contributed by atoms with Crippen molar-refractivity contribution in [2.24, 2.45) is 0 Å². The van der Waals surface area contributed by atoms with Gasteiger partial charge < -0.3 is 24.3 Å². The largest absolute Gasteiger partial charge is 0.488 e. The molecule has 2 aliphatic rings. The highest BCUT2D eigenvalue weighted by molar-refractivity contribution is 9.10. The Labute approximate surface area is 507 Å². The molecule has 2 fully saturated rings. The van der Waals surface area contributed by atoms with Crippen LogP contribution in [0.2, 0.25) is 0 Å². The third-order valence-corrected chi connectivity index (χ3v) is 14.5. The van der Waals surface area contributed by atoms with Crippen molar-refractivity contribution in [3.63, 3.8) is 0 Å². The van der Waals surface area contributed by atoms with Crippen molar-refractivity contribution < 1.29 is 66.6 Å². The normalized spacial score (nSPS) is 12.6. The molecule has 10 rings (SSSR count). The molecule has 3 aromatic heterocycles. The van der Waals surface area contributed by atoms with Crippen molar-refractivity contribution in [1.29, 1.82) is 0 Å². The molecule has 2 saturated heterocycles. The van der Waals surface area contributed by atoms with E-state index >= 15 is 0 Å². The molecule has 424 valence electrons. The van der Waals surface area contributed by atoms with Gasteiger partial charge in [0.2, 0.25) is 5.91 Å². The average molecular weight is 1270 g/mol. The van der Waals surface area contributed by atoms with E-state index in [1.807, 2.05) is 42.5 Å². The van der Waals surface area contributed by atoms with E-state index in [9.17, 15) is 42.3 Å². The second-order valence-corrected chi connectivity index (χ2v) is 21.0. The number of carbonyl (C=O) groups excluding carboxylic acids is 7. The quantitative estimate of drug-likeness (QED) is 0.0396. The fraction of sp³-hybridized carbons (Fsp3) is 0.0508. The number of ether oxygens (including phenoxy) is 3. The van der Waals surface area contributed by atoms with Crippen LogP contribution in [-0.4, -0.2) is 100 Å². The van der Waals surface area contributed by atoms with Gasteiger partial charge in [-0.25, -0.2) is 8.78 Å². The topological polar surface area (TPSA) is 233 Å². The summed E-state index contributed by atoms with van der Waals surface area (Å²) in [6, 6.07) is 42.6. The number of thiocarbonyl (C=S) groups is 2. The van der Waals surface area contributed by atoms with Gasteiger partial charge in [0.1, 0.15) is 48.9 Å². The molecular formula is C59H43BBrF2N5O12S4. The second-order valence-electron chi connectivity index (χ2n) is 16.8. The lowest BCUT2D eigenvalue weighted by Crippen LogP contribution is -2.29. The summed E-state index contributed by atoms with van der Waals surface area (Å²) >= 11 is 16.2. The van der Waals surface area contributed by atoms with Gasteiger partial charge in [-0.15, -0.1) is 0 Å². The fourth-order valence-electron chi connectivity index (χ4n) is 7.07. The number of halogens is 3. The van der Waals surface area contributed by atoms with Crippen LogP contribution in [-0.2, 0) is 37.1 Å². The van der Waals surface area contributed by atoms with E-state index in [4.69, 9.17) is 44.0 Å². The average Bonchev–Trinajstić information content (AvgIpc) is 4.15. The maximum Gasteiger partial charge on any atom is 0.488 e. The summed E-state index contributed by atoms with van der Waals surface area (Å²) in [6.07, 6.45) is 7.94. The predicted octanol–water partition coefficient (Wildman–Crippen LogP) is 9.66. The molecule has 0 unspecified atom stereocenters. The molecule has 2 amide bonds. The molecule has 5 aromatic carbocycles. The molecule has 0 saturated carbocycles. The number of benzene rings is 5. The maximum atomic E-state index is 13.1. The predicted molar refractivity (Wildman–Crippen MR) is 326 cm³/mol. The van der Waals surface area contributed by atoms with E-state index in [0.29, 0.717) is 97.6 Å². The van der Waals surface area contributed by atoms with Crippen LogP contribution in [0, 0.1) is 11.6 Å². The molecule has 8 aromatic rings. The number of carbonyl (C=O) groups is 7. The Kier molecular flexibility index (Phi) is 25.5. The number of pyridine rings is 3. The number of hydrogen-bond acceptors (Lipinski definition) is 19. The Hall–Kier alpha value is -8.82. The third-order valence-electron chi connectivity index (χ3n) is 11.2. The Balaban J connectivity index is 0.000000182. The van der Waals surface area contributed by atoms with E-state index in [0.717, 1.165) is 37.9 Å². The summed E-state index contributed by atoms with van der Waals surface area (Å²) in [7, 11) is -1.49. The lowest BCUT2D eigenvalue weighted by Gasteiger charge is -2.14. The summed E-state index contributed by atoms with van der Waals surface area (Å²) in [5.41, 5.74) is 7.12. The number of rotatable bonds is 16. The first kappa shape index (κ1) is 64.4. The molecule has 25 heteroatoms. The number of hydrogen-bond donors (Lipinski definition) is 2. The van der Waals surface area contributed by atoms with Crippen molar-refractivity contribution in [3.05, 3.63) is 226 Å². The molecule has 0 spiro atoms. The standard InChI is InChI=1S/C23H15FN2O3S2.C13H9NO3.C10H8FNOS2.C7H7BO4.C6H4BrNO/c24-18-5-1-15(2-6-18)13-26-22(28)21(31-23(26)30)12-19-11-17(9-10-25-19)16-3-7-20(8-4-16)29-14-27;15-8-12-7-11(5-6-14-12)10-1-3-13(4-2-10)17-9-16;11-8-3-1-7(2-4-8)5-12-9(13)6-15-10(12)14;9-5-12-7-3-1-6(2-4-7)8(10)11;7-5-1-2-8-6(3-5)4-9/h1-12,14H,13H2;1-9H;1-4H,5-6H2;1-5,10-11H;1-4H/b21-12-;;;;. The van der Waals surface area contributed by atoms with Gasteiger partial charge in [-0.1, -0.05) is 125 Å². The Morgan fingerprint density at radius 3 is 1.39 bits per heavy atom. The van der Waals surface area contributed by atoms with Gasteiger partial charge in [-0.05, 0) is 142 Å². The fourth-order valence-corrected chi connectivity index (χ4v) is 9.73. The molecule has 0 atom stereocenters. The van der Waals surface area contributed by atoms with Crippen molar-refractivity contribution in [3.8, 4) is 39.5 Å². The number of amides is 2. The Morgan fingerprint density at radius 2 is 0.976 bits per heavy atom. The molecule has 2 aliphatic heterocycles. The van der Waals surface area contributed by atoms with Crippen molar-refractivity contribution in [1.82, 2.24) is 24.8 Å². The Morgan fingerprint density at radius 1 is 0.548 bits per heavy atom. The molecule has 0 radical (unpaired) electrons. The highest BCUT2D eigenvalue weighted by atomic mass is 79.9. The summed E-state index contributed by atoms with van der Waals surface area (Å²) in [6.45, 7) is 1.79. The van der Waals surface area contributed by atoms with Gasteiger partial charge in [0.05, 0.1) is 29.4 Å². The minimum absolute atomic E-state index is 0.0225. The smallest absolute Gasteiger partial charge is 0.429 e. The SMILES string of the molecule is O=C1CSC(=S)N1Cc1ccc(F)cc1.O=COc1ccc(-c2ccnc(/C=C3\SC(=S)N(Cc4ccc(F)cc4)C3=O)c2)cc1.O=COc1ccc(-c2ccnc(C=O)c2)cc1.O=COc1ccc(B(O)O)cc1.O=Cc1cc(Br)ccn1. The number of thioether (sulfide) groups is 2. The van der Waals surface area contributed by atoms with Crippen LogP contribution in [0.15, 0.2) is 186 Å². The van der Waals surface area contributed by atoms with Crippen LogP contribution in [0.5, 0.6) is 17.2 Å². The van der Waals surface area contributed by atoms with Gasteiger partial charge in [-0.2, -0.15) is 0 Å². The first-order valence-electron chi connectivity index (χ1n) is 24.2. The van der Waals surface area contributed by atoms with Crippen molar-refractivity contribution >= 4 is 135 Å². The monoisotopic (exact) mass is 1270 g/mol. The van der Waals surface area contributed by atoms with Crippen LogP contribution in [0.3, 0.4) is 0 Å². The minimum Gasteiger partial charge on any atom is -0.429 e. The molecule has 0 bridgehead atoms. The highest BCUT2D eigenvalue weighted by Crippen LogP contribution is 2.34. The second kappa shape index (κ2) is 33.3. The van der Waals surface area contributed by atoms with E-state index in [1.54, 1.807) is 96.3 Å². The van der Waals surface area contributed by atoms with E-state index in [2.05, 4.69) is 35.6 Å². The highest BCUT2D eigenvalue weighted by Gasteiger charge is 2.32. The zero-order valence-electron chi connectivity index (χ0n) is 43.4. The summed E-state index contributed by atoms with van der Waals surface area (Å²) in [5.74, 6) is 0.936. The number of aldehydes is 2. The van der Waals surface area contributed by atoms with Crippen LogP contribution in [0.25, 0.3) is 28.3 Å². The zero-order chi connectivity index (χ0) is 60.4. The van der Waals surface area contributed by atoms with Crippen molar-refractivity contribution in [2.75, 3.05) is 5.75 Å². The molecule has 0 aliphatic carbocycles. The van der Waals surface area contributed by atoms with Crippen LogP contribution in [0.1, 0.15) is 37.8 Å². The number of aromatic nitrogens is 3. The number of nitrogens with zero attached hydrogens (tertiary/aromatic N) is 5. The zero-order valence-corrected chi connectivity index (χ0v) is 48.2. The maximum absolute atomic E-state index is 13.1. The summed E-state index contributed by atoms with van der Waals surface area (Å²) in [5, 5.41) is 17.4. The van der Waals surface area contributed by atoms with Crippen LogP contribution >= 0.6 is 63.9 Å². The summed E-state index contributed by atoms with van der Waals surface area (Å²) in [4.78, 5) is 90.9. The molecule has 17 nitrogen and oxygen atoms in total. The lowest BCUT2D eigenvalue weighted by atomic mass is 9.80. The van der Waals surface area contributed by atoms with Gasteiger partial charge in [0, 0.05) is 23.1 Å².